The van der Waals surface area contributed by atoms with Gasteiger partial charge in [-0.05, 0) is 44.7 Å². The van der Waals surface area contributed by atoms with Gasteiger partial charge in [-0.15, -0.1) is 0 Å². The SMILES string of the molecule is CC(C1CCCO1)n1c(=O)nc(N)c2ccc(C3CC3)nc21. The summed E-state index contributed by atoms with van der Waals surface area (Å²) >= 11 is 0. The molecule has 1 saturated heterocycles. The van der Waals surface area contributed by atoms with E-state index in [2.05, 4.69) is 4.98 Å². The summed E-state index contributed by atoms with van der Waals surface area (Å²) < 4.78 is 7.41. The van der Waals surface area contributed by atoms with Gasteiger partial charge in [0.15, 0.2) is 0 Å². The molecule has 2 aromatic rings. The Labute approximate surface area is 128 Å². The molecular weight excluding hydrogens is 280 g/mol. The van der Waals surface area contributed by atoms with E-state index in [9.17, 15) is 4.79 Å². The number of hydrogen-bond acceptors (Lipinski definition) is 5. The van der Waals surface area contributed by atoms with Crippen molar-refractivity contribution in [1.29, 1.82) is 0 Å². The second kappa shape index (κ2) is 5.05. The van der Waals surface area contributed by atoms with Gasteiger partial charge in [0.05, 0.1) is 17.5 Å². The van der Waals surface area contributed by atoms with Gasteiger partial charge in [0, 0.05) is 18.2 Å². The lowest BCUT2D eigenvalue weighted by molar-refractivity contribution is 0.0730. The van der Waals surface area contributed by atoms with Gasteiger partial charge in [-0.2, -0.15) is 4.98 Å². The van der Waals surface area contributed by atoms with E-state index in [4.69, 9.17) is 15.5 Å². The van der Waals surface area contributed by atoms with E-state index in [-0.39, 0.29) is 23.7 Å². The Bertz CT molecular complexity index is 776. The van der Waals surface area contributed by atoms with Gasteiger partial charge in [-0.25, -0.2) is 9.78 Å². The van der Waals surface area contributed by atoms with E-state index < -0.39 is 0 Å². The first-order chi connectivity index (χ1) is 10.6. The van der Waals surface area contributed by atoms with E-state index >= 15 is 0 Å². The van der Waals surface area contributed by atoms with E-state index in [1.807, 2.05) is 19.1 Å². The normalized spacial score (nSPS) is 23.0. The largest absolute Gasteiger partial charge is 0.383 e. The van der Waals surface area contributed by atoms with E-state index in [0.29, 0.717) is 11.6 Å². The van der Waals surface area contributed by atoms with Crippen LogP contribution in [0.25, 0.3) is 11.0 Å². The van der Waals surface area contributed by atoms with Crippen LogP contribution < -0.4 is 11.4 Å². The standard InChI is InChI=1S/C16H20N4O2/c1-9(13-3-2-8-22-13)20-15-11(14(17)19-16(20)21)6-7-12(18-15)10-4-5-10/h6-7,9-10,13H,2-5,8H2,1H3,(H2,17,19,21). The summed E-state index contributed by atoms with van der Waals surface area (Å²) in [5.74, 6) is 0.783. The van der Waals surface area contributed by atoms with Gasteiger partial charge >= 0.3 is 5.69 Å². The van der Waals surface area contributed by atoms with E-state index in [1.165, 1.54) is 12.8 Å². The van der Waals surface area contributed by atoms with Crippen molar-refractivity contribution in [3.8, 4) is 0 Å². The summed E-state index contributed by atoms with van der Waals surface area (Å²) in [4.78, 5) is 21.1. The van der Waals surface area contributed by atoms with E-state index in [0.717, 1.165) is 30.5 Å². The second-order valence-electron chi connectivity index (χ2n) is 6.32. The van der Waals surface area contributed by atoms with Crippen molar-refractivity contribution in [3.63, 3.8) is 0 Å². The fourth-order valence-corrected chi connectivity index (χ4v) is 3.28. The highest BCUT2D eigenvalue weighted by molar-refractivity contribution is 5.85. The average Bonchev–Trinajstić information content (AvgIpc) is 3.21. The minimum atomic E-state index is -0.339. The molecule has 1 aliphatic carbocycles. The zero-order valence-electron chi connectivity index (χ0n) is 12.7. The topological polar surface area (TPSA) is 83.0 Å². The first kappa shape index (κ1) is 13.7. The molecule has 0 spiro atoms. The molecule has 2 aromatic heterocycles. The summed E-state index contributed by atoms with van der Waals surface area (Å²) in [7, 11) is 0. The first-order valence-electron chi connectivity index (χ1n) is 7.95. The van der Waals surface area contributed by atoms with Crippen LogP contribution in [0.4, 0.5) is 5.82 Å². The lowest BCUT2D eigenvalue weighted by Crippen LogP contribution is -2.33. The Morgan fingerprint density at radius 1 is 1.32 bits per heavy atom. The molecule has 6 heteroatoms. The van der Waals surface area contributed by atoms with Crippen molar-refractivity contribution in [2.45, 2.75) is 50.7 Å². The number of hydrogen-bond donors (Lipinski definition) is 1. The quantitative estimate of drug-likeness (QED) is 0.937. The van der Waals surface area contributed by atoms with Crippen LogP contribution in [0.1, 0.15) is 50.3 Å². The first-order valence-corrected chi connectivity index (χ1v) is 7.95. The van der Waals surface area contributed by atoms with Crippen molar-refractivity contribution >= 4 is 16.9 Å². The molecule has 116 valence electrons. The number of aromatic nitrogens is 3. The van der Waals surface area contributed by atoms with Gasteiger partial charge in [-0.1, -0.05) is 0 Å². The molecule has 6 nitrogen and oxygen atoms in total. The Morgan fingerprint density at radius 2 is 2.14 bits per heavy atom. The van der Waals surface area contributed by atoms with Crippen LogP contribution in [0.15, 0.2) is 16.9 Å². The summed E-state index contributed by atoms with van der Waals surface area (Å²) in [5.41, 5.74) is 7.28. The molecular formula is C16H20N4O2. The molecule has 0 bridgehead atoms. The lowest BCUT2D eigenvalue weighted by atomic mass is 10.1. The van der Waals surface area contributed by atoms with Gasteiger partial charge in [0.1, 0.15) is 11.5 Å². The average molecular weight is 300 g/mol. The number of nitrogen functional groups attached to an aromatic ring is 1. The monoisotopic (exact) mass is 300 g/mol. The van der Waals surface area contributed by atoms with Crippen LogP contribution in [-0.4, -0.2) is 27.2 Å². The highest BCUT2D eigenvalue weighted by atomic mass is 16.5. The number of rotatable bonds is 3. The number of anilines is 1. The third-order valence-electron chi connectivity index (χ3n) is 4.73. The van der Waals surface area contributed by atoms with Gasteiger partial charge in [-0.3, -0.25) is 4.57 Å². The third-order valence-corrected chi connectivity index (χ3v) is 4.73. The molecule has 3 heterocycles. The van der Waals surface area contributed by atoms with Crippen LogP contribution in [0.5, 0.6) is 0 Å². The van der Waals surface area contributed by atoms with Crippen LogP contribution in [0.3, 0.4) is 0 Å². The Hall–Kier alpha value is -1.95. The molecule has 2 N–H and O–H groups in total. The molecule has 2 aliphatic rings. The summed E-state index contributed by atoms with van der Waals surface area (Å²) in [6.07, 6.45) is 4.37. The summed E-state index contributed by atoms with van der Waals surface area (Å²) in [5, 5.41) is 0.744. The Balaban J connectivity index is 1.90. The smallest absolute Gasteiger partial charge is 0.351 e. The maximum atomic E-state index is 12.4. The van der Waals surface area contributed by atoms with Crippen molar-refractivity contribution in [2.24, 2.45) is 0 Å². The van der Waals surface area contributed by atoms with Gasteiger partial charge < -0.3 is 10.5 Å². The highest BCUT2D eigenvalue weighted by Gasteiger charge is 2.29. The minimum absolute atomic E-state index is 0.0395. The summed E-state index contributed by atoms with van der Waals surface area (Å²) in [6.45, 7) is 2.75. The van der Waals surface area contributed by atoms with Crippen molar-refractivity contribution in [3.05, 3.63) is 28.3 Å². The van der Waals surface area contributed by atoms with Crippen molar-refractivity contribution < 1.29 is 4.74 Å². The van der Waals surface area contributed by atoms with Gasteiger partial charge in [0.2, 0.25) is 0 Å². The fourth-order valence-electron chi connectivity index (χ4n) is 3.28. The molecule has 0 amide bonds. The third kappa shape index (κ3) is 2.18. The summed E-state index contributed by atoms with van der Waals surface area (Å²) in [6, 6.07) is 3.85. The number of fused-ring (bicyclic) bond motifs is 1. The van der Waals surface area contributed by atoms with E-state index in [1.54, 1.807) is 4.57 Å². The van der Waals surface area contributed by atoms with Crippen LogP contribution >= 0.6 is 0 Å². The number of nitrogens with two attached hydrogens (primary N) is 1. The van der Waals surface area contributed by atoms with Crippen LogP contribution in [-0.2, 0) is 4.74 Å². The molecule has 2 atom stereocenters. The van der Waals surface area contributed by atoms with Crippen LogP contribution in [0, 0.1) is 0 Å². The molecule has 2 fully saturated rings. The Kier molecular flexibility index (Phi) is 3.14. The Morgan fingerprint density at radius 3 is 2.82 bits per heavy atom. The number of pyridine rings is 1. The zero-order chi connectivity index (χ0) is 15.3. The maximum Gasteiger partial charge on any atom is 0.351 e. The number of nitrogens with zero attached hydrogens (tertiary/aromatic N) is 3. The molecule has 0 aromatic carbocycles. The van der Waals surface area contributed by atoms with Gasteiger partial charge in [0.25, 0.3) is 0 Å². The molecule has 2 unspecified atom stereocenters. The fraction of sp³-hybridized carbons (Fsp3) is 0.562. The molecule has 4 rings (SSSR count). The molecule has 1 saturated carbocycles. The maximum absolute atomic E-state index is 12.4. The molecule has 1 aliphatic heterocycles. The van der Waals surface area contributed by atoms with Crippen molar-refractivity contribution in [1.82, 2.24) is 14.5 Å². The molecule has 22 heavy (non-hydrogen) atoms. The zero-order valence-corrected chi connectivity index (χ0v) is 12.7. The van der Waals surface area contributed by atoms with Crippen LogP contribution in [0.2, 0.25) is 0 Å². The highest BCUT2D eigenvalue weighted by Crippen LogP contribution is 2.39. The molecule has 0 radical (unpaired) electrons. The second-order valence-corrected chi connectivity index (χ2v) is 6.32. The minimum Gasteiger partial charge on any atom is -0.383 e. The predicted molar refractivity (Wildman–Crippen MR) is 83.9 cm³/mol. The number of ether oxygens (including phenoxy) is 1. The lowest BCUT2D eigenvalue weighted by Gasteiger charge is -2.22. The predicted octanol–water partition coefficient (Wildman–Crippen LogP) is 1.99. The van der Waals surface area contributed by atoms with Crippen molar-refractivity contribution in [2.75, 3.05) is 12.3 Å².